The van der Waals surface area contributed by atoms with Crippen molar-refractivity contribution in [2.45, 2.75) is 36.9 Å². The van der Waals surface area contributed by atoms with Crippen LogP contribution < -0.4 is 9.47 Å². The summed E-state index contributed by atoms with van der Waals surface area (Å²) in [5, 5.41) is 8.92. The van der Waals surface area contributed by atoms with Crippen molar-refractivity contribution >= 4 is 17.7 Å². The van der Waals surface area contributed by atoms with Gasteiger partial charge in [0.05, 0.1) is 18.1 Å². The Bertz CT molecular complexity index is 1180. The van der Waals surface area contributed by atoms with Gasteiger partial charge in [0.2, 0.25) is 0 Å². The fourth-order valence-electron chi connectivity index (χ4n) is 3.08. The molecule has 0 unspecified atom stereocenters. The molecule has 3 aromatic carbocycles. The van der Waals surface area contributed by atoms with Crippen LogP contribution in [-0.4, -0.2) is 22.9 Å². The second-order valence-corrected chi connectivity index (χ2v) is 8.79. The van der Waals surface area contributed by atoms with Crippen molar-refractivity contribution < 1.29 is 41.3 Å². The van der Waals surface area contributed by atoms with Crippen LogP contribution in [-0.2, 0) is 17.4 Å². The summed E-state index contributed by atoms with van der Waals surface area (Å²) in [4.78, 5) is 11.8. The Morgan fingerprint density at radius 1 is 1.00 bits per heavy atom. The maximum atomic E-state index is 14.0. The number of carbonyl (C=O) groups is 1. The lowest BCUT2D eigenvalue weighted by Gasteiger charge is -2.19. The molecule has 0 aliphatic carbocycles. The average Bonchev–Trinajstić information content (AvgIpc) is 2.76. The summed E-state index contributed by atoms with van der Waals surface area (Å²) in [6.07, 6.45) is -4.68. The van der Waals surface area contributed by atoms with Crippen LogP contribution in [0.5, 0.6) is 17.2 Å². The Kier molecular flexibility index (Phi) is 8.61. The van der Waals surface area contributed by atoms with Gasteiger partial charge in [-0.2, -0.15) is 13.2 Å². The van der Waals surface area contributed by atoms with Crippen molar-refractivity contribution in [3.63, 3.8) is 0 Å². The summed E-state index contributed by atoms with van der Waals surface area (Å²) >= 11 is 1.48. The molecular formula is C25H21F5O4S. The van der Waals surface area contributed by atoms with Crippen LogP contribution in [0.2, 0.25) is 0 Å². The standard InChI is InChI=1S/C25H21F5O4S/c1-15(9-10-35-19-4-2-3-16(11-19)12-24(31)32)33-22-7-5-17(25(28,29)30)13-23(22)34-21-8-6-18(26)14-20(21)27/h2-8,11,13-15H,9-10,12H2,1H3,(H,31,32)/t15-/m0/s1. The minimum Gasteiger partial charge on any atom is -0.487 e. The smallest absolute Gasteiger partial charge is 0.416 e. The monoisotopic (exact) mass is 512 g/mol. The minimum atomic E-state index is -4.66. The van der Waals surface area contributed by atoms with E-state index in [9.17, 15) is 26.7 Å². The van der Waals surface area contributed by atoms with E-state index in [0.717, 1.165) is 29.2 Å². The number of carboxylic acid groups (broad SMARTS) is 1. The quantitative estimate of drug-likeness (QED) is 0.227. The molecule has 10 heteroatoms. The number of hydrogen-bond donors (Lipinski definition) is 1. The van der Waals surface area contributed by atoms with Gasteiger partial charge in [-0.3, -0.25) is 4.79 Å². The van der Waals surface area contributed by atoms with E-state index in [-0.39, 0.29) is 17.9 Å². The van der Waals surface area contributed by atoms with E-state index in [2.05, 4.69) is 0 Å². The van der Waals surface area contributed by atoms with Gasteiger partial charge in [-0.25, -0.2) is 8.78 Å². The molecule has 0 aromatic heterocycles. The lowest BCUT2D eigenvalue weighted by atomic mass is 10.2. The first-order valence-corrected chi connectivity index (χ1v) is 11.4. The van der Waals surface area contributed by atoms with E-state index in [4.69, 9.17) is 14.6 Å². The summed E-state index contributed by atoms with van der Waals surface area (Å²) < 4.78 is 77.9. The van der Waals surface area contributed by atoms with Crippen molar-refractivity contribution in [3.8, 4) is 17.2 Å². The Hall–Kier alpha value is -3.27. The van der Waals surface area contributed by atoms with Crippen LogP contribution in [0.25, 0.3) is 0 Å². The lowest BCUT2D eigenvalue weighted by Crippen LogP contribution is -2.14. The molecule has 0 aliphatic rings. The Morgan fingerprint density at radius 2 is 1.74 bits per heavy atom. The van der Waals surface area contributed by atoms with E-state index in [1.807, 2.05) is 6.07 Å². The molecule has 186 valence electrons. The van der Waals surface area contributed by atoms with Gasteiger partial charge in [0.15, 0.2) is 23.1 Å². The van der Waals surface area contributed by atoms with Crippen LogP contribution in [0.15, 0.2) is 65.6 Å². The summed E-state index contributed by atoms with van der Waals surface area (Å²) in [5.41, 5.74) is -0.335. The van der Waals surface area contributed by atoms with Crippen molar-refractivity contribution in [1.82, 2.24) is 0 Å². The molecular weight excluding hydrogens is 491 g/mol. The molecule has 35 heavy (non-hydrogen) atoms. The van der Waals surface area contributed by atoms with E-state index in [0.29, 0.717) is 29.9 Å². The fourth-order valence-corrected chi connectivity index (χ4v) is 4.17. The molecule has 0 aliphatic heterocycles. The molecule has 3 aromatic rings. The molecule has 0 spiro atoms. The molecule has 0 saturated carbocycles. The second-order valence-electron chi connectivity index (χ2n) is 7.62. The molecule has 4 nitrogen and oxygen atoms in total. The maximum absolute atomic E-state index is 14.0. The first-order valence-electron chi connectivity index (χ1n) is 10.5. The first kappa shape index (κ1) is 26.3. The molecule has 0 saturated heterocycles. The number of benzene rings is 3. The van der Waals surface area contributed by atoms with E-state index in [1.54, 1.807) is 25.1 Å². The van der Waals surface area contributed by atoms with E-state index >= 15 is 0 Å². The number of hydrogen-bond acceptors (Lipinski definition) is 4. The second kappa shape index (κ2) is 11.4. The third-order valence-electron chi connectivity index (χ3n) is 4.76. The zero-order valence-corrected chi connectivity index (χ0v) is 19.3. The van der Waals surface area contributed by atoms with Crippen LogP contribution >= 0.6 is 11.8 Å². The molecule has 1 N–H and O–H groups in total. The summed E-state index contributed by atoms with van der Waals surface area (Å²) in [6, 6.07) is 12.2. The number of ether oxygens (including phenoxy) is 2. The highest BCUT2D eigenvalue weighted by Gasteiger charge is 2.32. The third kappa shape index (κ3) is 7.88. The summed E-state index contributed by atoms with van der Waals surface area (Å²) in [5.74, 6) is -3.09. The van der Waals surface area contributed by atoms with Crippen LogP contribution in [0.4, 0.5) is 22.0 Å². The predicted molar refractivity (Wildman–Crippen MR) is 121 cm³/mol. The molecule has 0 bridgehead atoms. The van der Waals surface area contributed by atoms with Crippen molar-refractivity contribution in [1.29, 1.82) is 0 Å². The Labute approximate surface area is 202 Å². The van der Waals surface area contributed by atoms with Gasteiger partial charge in [0.1, 0.15) is 5.82 Å². The SMILES string of the molecule is C[C@@H](CCSc1cccc(CC(=O)O)c1)Oc1ccc(C(F)(F)F)cc1Oc1ccc(F)cc1F. The van der Waals surface area contributed by atoms with Gasteiger partial charge < -0.3 is 14.6 Å². The molecule has 1 atom stereocenters. The Balaban J connectivity index is 1.69. The molecule has 0 radical (unpaired) electrons. The molecule has 3 rings (SSSR count). The predicted octanol–water partition coefficient (Wildman–Crippen LogP) is 7.35. The minimum absolute atomic E-state index is 0.0253. The average molecular weight is 512 g/mol. The highest BCUT2D eigenvalue weighted by molar-refractivity contribution is 7.99. The topological polar surface area (TPSA) is 55.8 Å². The molecule has 0 heterocycles. The lowest BCUT2D eigenvalue weighted by molar-refractivity contribution is -0.138. The summed E-state index contributed by atoms with van der Waals surface area (Å²) in [6.45, 7) is 1.72. The van der Waals surface area contributed by atoms with Crippen molar-refractivity contribution in [3.05, 3.63) is 83.4 Å². The largest absolute Gasteiger partial charge is 0.487 e. The number of halogens is 5. The van der Waals surface area contributed by atoms with E-state index in [1.165, 1.54) is 11.8 Å². The number of aliphatic carboxylic acids is 1. The maximum Gasteiger partial charge on any atom is 0.416 e. The van der Waals surface area contributed by atoms with Gasteiger partial charge in [-0.05, 0) is 61.4 Å². The third-order valence-corrected chi connectivity index (χ3v) is 5.79. The Morgan fingerprint density at radius 3 is 2.43 bits per heavy atom. The molecule has 0 amide bonds. The number of carboxylic acids is 1. The van der Waals surface area contributed by atoms with E-state index < -0.39 is 41.2 Å². The summed E-state index contributed by atoms with van der Waals surface area (Å²) in [7, 11) is 0. The zero-order chi connectivity index (χ0) is 25.6. The zero-order valence-electron chi connectivity index (χ0n) is 18.4. The van der Waals surface area contributed by atoms with Gasteiger partial charge in [0, 0.05) is 16.7 Å². The van der Waals surface area contributed by atoms with Gasteiger partial charge in [0.25, 0.3) is 0 Å². The normalized spacial score (nSPS) is 12.3. The number of rotatable bonds is 10. The fraction of sp³-hybridized carbons (Fsp3) is 0.240. The molecule has 0 fully saturated rings. The van der Waals surface area contributed by atoms with Crippen LogP contribution in [0.3, 0.4) is 0 Å². The number of thioether (sulfide) groups is 1. The van der Waals surface area contributed by atoms with Gasteiger partial charge >= 0.3 is 12.1 Å². The van der Waals surface area contributed by atoms with Gasteiger partial charge in [-0.1, -0.05) is 12.1 Å². The first-order chi connectivity index (χ1) is 16.5. The highest BCUT2D eigenvalue weighted by Crippen LogP contribution is 2.39. The number of alkyl halides is 3. The van der Waals surface area contributed by atoms with Gasteiger partial charge in [-0.15, -0.1) is 11.8 Å². The van der Waals surface area contributed by atoms with Crippen LogP contribution in [0, 0.1) is 11.6 Å². The van der Waals surface area contributed by atoms with Crippen molar-refractivity contribution in [2.75, 3.05) is 5.75 Å². The van der Waals surface area contributed by atoms with Crippen molar-refractivity contribution in [2.24, 2.45) is 0 Å². The highest BCUT2D eigenvalue weighted by atomic mass is 32.2. The van der Waals surface area contributed by atoms with Crippen LogP contribution in [0.1, 0.15) is 24.5 Å².